The van der Waals surface area contributed by atoms with Crippen LogP contribution in [0.15, 0.2) is 18.2 Å². The predicted molar refractivity (Wildman–Crippen MR) is 79.4 cm³/mol. The van der Waals surface area contributed by atoms with Crippen LogP contribution in [0.1, 0.15) is 18.4 Å². The minimum absolute atomic E-state index is 0.275. The SMILES string of the molecule is Cc1cccc(Cl)c1NC(=S)NC[C@H]1CCCO1. The molecule has 18 heavy (non-hydrogen) atoms. The van der Waals surface area contributed by atoms with Gasteiger partial charge in [0, 0.05) is 13.2 Å². The van der Waals surface area contributed by atoms with E-state index in [1.165, 1.54) is 0 Å². The average Bonchev–Trinajstić information content (AvgIpc) is 2.84. The van der Waals surface area contributed by atoms with Crippen molar-refractivity contribution in [2.45, 2.75) is 25.9 Å². The van der Waals surface area contributed by atoms with E-state index in [9.17, 15) is 0 Å². The molecule has 0 spiro atoms. The number of aryl methyl sites for hydroxylation is 1. The Bertz CT molecular complexity index is 413. The van der Waals surface area contributed by atoms with Gasteiger partial charge in [-0.25, -0.2) is 0 Å². The van der Waals surface area contributed by atoms with Crippen molar-refractivity contribution in [3.05, 3.63) is 28.8 Å². The standard InChI is InChI=1S/C13H17ClN2OS/c1-9-4-2-6-11(14)12(9)16-13(18)15-8-10-5-3-7-17-10/h2,4,6,10H,3,5,7-8H2,1H3,(H2,15,16,18)/t10-/m1/s1. The van der Waals surface area contributed by atoms with Crippen LogP contribution in [0.2, 0.25) is 5.02 Å². The van der Waals surface area contributed by atoms with E-state index >= 15 is 0 Å². The van der Waals surface area contributed by atoms with Gasteiger partial charge in [-0.05, 0) is 43.6 Å². The molecule has 0 radical (unpaired) electrons. The molecule has 0 unspecified atom stereocenters. The summed E-state index contributed by atoms with van der Waals surface area (Å²) in [5, 5.41) is 7.56. The van der Waals surface area contributed by atoms with Crippen LogP contribution in [0.4, 0.5) is 5.69 Å². The number of nitrogens with one attached hydrogen (secondary N) is 2. The van der Waals surface area contributed by atoms with Crippen LogP contribution >= 0.6 is 23.8 Å². The molecule has 1 atom stereocenters. The third-order valence-electron chi connectivity index (χ3n) is 2.97. The van der Waals surface area contributed by atoms with E-state index in [4.69, 9.17) is 28.6 Å². The fourth-order valence-corrected chi connectivity index (χ4v) is 2.41. The van der Waals surface area contributed by atoms with Crippen molar-refractivity contribution in [2.24, 2.45) is 0 Å². The number of thiocarbonyl (C=S) groups is 1. The Hall–Kier alpha value is -0.840. The molecule has 1 fully saturated rings. The minimum Gasteiger partial charge on any atom is -0.376 e. The zero-order valence-electron chi connectivity index (χ0n) is 10.3. The predicted octanol–water partition coefficient (Wildman–Crippen LogP) is 3.11. The van der Waals surface area contributed by atoms with Crippen molar-refractivity contribution in [1.29, 1.82) is 0 Å². The van der Waals surface area contributed by atoms with Gasteiger partial charge in [-0.3, -0.25) is 0 Å². The zero-order valence-corrected chi connectivity index (χ0v) is 11.9. The molecule has 0 aromatic heterocycles. The molecule has 2 N–H and O–H groups in total. The number of halogens is 1. The second-order valence-electron chi connectivity index (χ2n) is 4.40. The molecule has 3 nitrogen and oxygen atoms in total. The monoisotopic (exact) mass is 284 g/mol. The van der Waals surface area contributed by atoms with Crippen LogP contribution in [-0.2, 0) is 4.74 Å². The molecule has 1 aromatic carbocycles. The highest BCUT2D eigenvalue weighted by Gasteiger charge is 2.15. The molecule has 1 aromatic rings. The third-order valence-corrected chi connectivity index (χ3v) is 3.54. The second kappa shape index (κ2) is 6.36. The minimum atomic E-state index is 0.275. The van der Waals surface area contributed by atoms with Crippen LogP contribution in [0.3, 0.4) is 0 Å². The van der Waals surface area contributed by atoms with Gasteiger partial charge >= 0.3 is 0 Å². The van der Waals surface area contributed by atoms with Gasteiger partial charge in [0.25, 0.3) is 0 Å². The Labute approximate surface area is 118 Å². The maximum Gasteiger partial charge on any atom is 0.170 e. The van der Waals surface area contributed by atoms with E-state index in [1.807, 2.05) is 25.1 Å². The Morgan fingerprint density at radius 2 is 2.39 bits per heavy atom. The van der Waals surface area contributed by atoms with E-state index in [2.05, 4.69) is 10.6 Å². The van der Waals surface area contributed by atoms with E-state index in [1.54, 1.807) is 0 Å². The molecular weight excluding hydrogens is 268 g/mol. The maximum atomic E-state index is 6.13. The zero-order chi connectivity index (χ0) is 13.0. The van der Waals surface area contributed by atoms with Gasteiger partial charge in [-0.15, -0.1) is 0 Å². The lowest BCUT2D eigenvalue weighted by Crippen LogP contribution is -2.35. The second-order valence-corrected chi connectivity index (χ2v) is 5.22. The molecule has 1 saturated heterocycles. The molecule has 0 amide bonds. The van der Waals surface area contributed by atoms with Gasteiger partial charge in [-0.1, -0.05) is 23.7 Å². The largest absolute Gasteiger partial charge is 0.376 e. The summed E-state index contributed by atoms with van der Waals surface area (Å²) in [6, 6.07) is 5.77. The topological polar surface area (TPSA) is 33.3 Å². The van der Waals surface area contributed by atoms with Crippen molar-refractivity contribution in [1.82, 2.24) is 5.32 Å². The molecule has 98 valence electrons. The Morgan fingerprint density at radius 3 is 3.06 bits per heavy atom. The van der Waals surface area contributed by atoms with Gasteiger partial charge in [0.05, 0.1) is 16.8 Å². The first kappa shape index (κ1) is 13.6. The van der Waals surface area contributed by atoms with Crippen molar-refractivity contribution in [3.8, 4) is 0 Å². The summed E-state index contributed by atoms with van der Waals surface area (Å²) in [7, 11) is 0. The van der Waals surface area contributed by atoms with Crippen LogP contribution in [0, 0.1) is 6.92 Å². The average molecular weight is 285 g/mol. The summed E-state index contributed by atoms with van der Waals surface area (Å²) in [6.07, 6.45) is 2.51. The van der Waals surface area contributed by atoms with Gasteiger partial charge in [-0.2, -0.15) is 0 Å². The van der Waals surface area contributed by atoms with Crippen LogP contribution in [-0.4, -0.2) is 24.4 Å². The molecule has 5 heteroatoms. The van der Waals surface area contributed by atoms with Crippen molar-refractivity contribution in [2.75, 3.05) is 18.5 Å². The fraction of sp³-hybridized carbons (Fsp3) is 0.462. The lowest BCUT2D eigenvalue weighted by molar-refractivity contribution is 0.114. The van der Waals surface area contributed by atoms with Crippen LogP contribution in [0.25, 0.3) is 0 Å². The first-order chi connectivity index (χ1) is 8.66. The van der Waals surface area contributed by atoms with Crippen LogP contribution in [0.5, 0.6) is 0 Å². The number of anilines is 1. The van der Waals surface area contributed by atoms with Crippen molar-refractivity contribution >= 4 is 34.6 Å². The number of benzene rings is 1. The summed E-state index contributed by atoms with van der Waals surface area (Å²) in [6.45, 7) is 3.60. The molecule has 2 rings (SSSR count). The molecule has 1 heterocycles. The normalized spacial score (nSPS) is 18.7. The summed E-state index contributed by atoms with van der Waals surface area (Å²) in [5.74, 6) is 0. The third kappa shape index (κ3) is 3.57. The van der Waals surface area contributed by atoms with E-state index < -0.39 is 0 Å². The van der Waals surface area contributed by atoms with Gasteiger partial charge in [0.15, 0.2) is 5.11 Å². The molecule has 1 aliphatic heterocycles. The van der Waals surface area contributed by atoms with Gasteiger partial charge in [0.2, 0.25) is 0 Å². The summed E-state index contributed by atoms with van der Waals surface area (Å²) < 4.78 is 5.53. The lowest BCUT2D eigenvalue weighted by atomic mass is 10.2. The summed E-state index contributed by atoms with van der Waals surface area (Å²) in [5.41, 5.74) is 1.94. The van der Waals surface area contributed by atoms with Gasteiger partial charge < -0.3 is 15.4 Å². The maximum absolute atomic E-state index is 6.13. The highest BCUT2D eigenvalue weighted by atomic mass is 35.5. The first-order valence-corrected chi connectivity index (χ1v) is 6.87. The van der Waals surface area contributed by atoms with Crippen molar-refractivity contribution < 1.29 is 4.74 Å². The quantitative estimate of drug-likeness (QED) is 0.836. The molecule has 1 aliphatic rings. The van der Waals surface area contributed by atoms with E-state index in [-0.39, 0.29) is 6.10 Å². The molecular formula is C13H17ClN2OS. The number of para-hydroxylation sites is 1. The highest BCUT2D eigenvalue weighted by molar-refractivity contribution is 7.80. The summed E-state index contributed by atoms with van der Waals surface area (Å²) >= 11 is 11.4. The molecule has 0 bridgehead atoms. The fourth-order valence-electron chi connectivity index (χ4n) is 1.96. The highest BCUT2D eigenvalue weighted by Crippen LogP contribution is 2.25. The lowest BCUT2D eigenvalue weighted by Gasteiger charge is -2.16. The first-order valence-electron chi connectivity index (χ1n) is 6.08. The Balaban J connectivity index is 1.86. The number of rotatable bonds is 3. The number of hydrogen-bond donors (Lipinski definition) is 2. The molecule has 0 saturated carbocycles. The Morgan fingerprint density at radius 1 is 1.56 bits per heavy atom. The Kier molecular flexibility index (Phi) is 4.80. The number of hydrogen-bond acceptors (Lipinski definition) is 2. The molecule has 0 aliphatic carbocycles. The van der Waals surface area contributed by atoms with Crippen LogP contribution < -0.4 is 10.6 Å². The summed E-state index contributed by atoms with van der Waals surface area (Å²) in [4.78, 5) is 0. The van der Waals surface area contributed by atoms with E-state index in [0.717, 1.165) is 37.2 Å². The smallest absolute Gasteiger partial charge is 0.170 e. The van der Waals surface area contributed by atoms with E-state index in [0.29, 0.717) is 10.1 Å². The van der Waals surface area contributed by atoms with Gasteiger partial charge in [0.1, 0.15) is 0 Å². The number of ether oxygens (including phenoxy) is 1. The van der Waals surface area contributed by atoms with Crippen molar-refractivity contribution in [3.63, 3.8) is 0 Å².